The van der Waals surface area contributed by atoms with Gasteiger partial charge in [-0.15, -0.1) is 0 Å². The normalized spacial score (nSPS) is 15.3. The van der Waals surface area contributed by atoms with E-state index < -0.39 is 17.7 Å². The molecule has 1 amide bonds. The highest BCUT2D eigenvalue weighted by atomic mass is 35.5. The molecule has 35 heavy (non-hydrogen) atoms. The van der Waals surface area contributed by atoms with Crippen molar-refractivity contribution in [3.8, 4) is 0 Å². The van der Waals surface area contributed by atoms with Gasteiger partial charge in [0.1, 0.15) is 11.6 Å². The molecule has 1 fully saturated rings. The predicted molar refractivity (Wildman–Crippen MR) is 134 cm³/mol. The van der Waals surface area contributed by atoms with E-state index in [1.165, 1.54) is 18.2 Å². The van der Waals surface area contributed by atoms with Crippen LogP contribution in [-0.2, 0) is 11.3 Å². The second-order valence-corrected chi connectivity index (χ2v) is 9.49. The molecule has 0 N–H and O–H groups in total. The second-order valence-electron chi connectivity index (χ2n) is 8.24. The molecule has 0 aromatic heterocycles. The van der Waals surface area contributed by atoms with Crippen molar-refractivity contribution >= 4 is 40.7 Å². The van der Waals surface area contributed by atoms with Gasteiger partial charge in [-0.3, -0.25) is 9.69 Å². The fourth-order valence-electron chi connectivity index (χ4n) is 4.01. The molecular weight excluding hydrogens is 517 g/mol. The summed E-state index contributed by atoms with van der Waals surface area (Å²) in [6, 6.07) is 15.9. The van der Waals surface area contributed by atoms with Crippen LogP contribution in [0.3, 0.4) is 0 Å². The first-order valence-electron chi connectivity index (χ1n) is 11.1. The molecule has 1 saturated heterocycles. The zero-order chi connectivity index (χ0) is 24.9. The average molecular weight is 540 g/mol. The third-order valence-electron chi connectivity index (χ3n) is 5.99. The van der Waals surface area contributed by atoms with Gasteiger partial charge in [0, 0.05) is 43.3 Å². The van der Waals surface area contributed by atoms with Crippen LogP contribution in [-0.4, -0.2) is 48.4 Å². The van der Waals surface area contributed by atoms with Crippen LogP contribution in [0.4, 0.5) is 8.78 Å². The van der Waals surface area contributed by atoms with Gasteiger partial charge in [-0.1, -0.05) is 59.1 Å². The number of hydrogen-bond donors (Lipinski definition) is 0. The van der Waals surface area contributed by atoms with Crippen LogP contribution in [0.2, 0.25) is 15.1 Å². The van der Waals surface area contributed by atoms with E-state index in [1.54, 1.807) is 35.2 Å². The first-order valence-corrected chi connectivity index (χ1v) is 12.2. The highest BCUT2D eigenvalue weighted by Gasteiger charge is 2.27. The molecule has 9 heteroatoms. The van der Waals surface area contributed by atoms with Gasteiger partial charge < -0.3 is 9.64 Å². The van der Waals surface area contributed by atoms with Gasteiger partial charge in [-0.2, -0.15) is 0 Å². The summed E-state index contributed by atoms with van der Waals surface area (Å²) in [5.74, 6) is -1.50. The zero-order valence-corrected chi connectivity index (χ0v) is 21.0. The Hall–Kier alpha value is -2.22. The molecule has 1 heterocycles. The molecule has 0 saturated carbocycles. The number of halogens is 5. The average Bonchev–Trinajstić information content (AvgIpc) is 2.84. The van der Waals surface area contributed by atoms with Gasteiger partial charge in [0.15, 0.2) is 0 Å². The summed E-state index contributed by atoms with van der Waals surface area (Å²) >= 11 is 18.4. The van der Waals surface area contributed by atoms with E-state index >= 15 is 0 Å². The molecule has 0 aliphatic carbocycles. The van der Waals surface area contributed by atoms with E-state index in [0.717, 1.165) is 5.56 Å². The Morgan fingerprint density at radius 3 is 2.03 bits per heavy atom. The van der Waals surface area contributed by atoms with Crippen molar-refractivity contribution in [1.29, 1.82) is 0 Å². The highest BCUT2D eigenvalue weighted by molar-refractivity contribution is 6.39. The van der Waals surface area contributed by atoms with Crippen LogP contribution in [0.5, 0.6) is 0 Å². The zero-order valence-electron chi connectivity index (χ0n) is 18.7. The van der Waals surface area contributed by atoms with Crippen molar-refractivity contribution in [3.05, 3.63) is 104 Å². The summed E-state index contributed by atoms with van der Waals surface area (Å²) in [7, 11) is 0. The van der Waals surface area contributed by atoms with Crippen LogP contribution in [0.1, 0.15) is 27.6 Å². The van der Waals surface area contributed by atoms with Crippen LogP contribution in [0.25, 0.3) is 0 Å². The summed E-state index contributed by atoms with van der Waals surface area (Å²) < 4.78 is 34.3. The Morgan fingerprint density at radius 2 is 1.43 bits per heavy atom. The molecule has 4 nitrogen and oxygen atoms in total. The van der Waals surface area contributed by atoms with Crippen LogP contribution >= 0.6 is 34.8 Å². The molecular formula is C26H23Cl3F2N2O2. The van der Waals surface area contributed by atoms with Crippen LogP contribution in [0, 0.1) is 11.6 Å². The lowest BCUT2D eigenvalue weighted by molar-refractivity contribution is 0.00145. The van der Waals surface area contributed by atoms with E-state index in [2.05, 4.69) is 4.90 Å². The minimum absolute atomic E-state index is 0.113. The third-order valence-corrected chi connectivity index (χ3v) is 6.87. The van der Waals surface area contributed by atoms with Gasteiger partial charge in [0.2, 0.25) is 0 Å². The maximum absolute atomic E-state index is 14.1. The fraction of sp³-hybridized carbons (Fsp3) is 0.269. The maximum atomic E-state index is 14.1. The quantitative estimate of drug-likeness (QED) is 0.337. The van der Waals surface area contributed by atoms with Crippen molar-refractivity contribution in [2.45, 2.75) is 12.7 Å². The molecule has 1 atom stereocenters. The van der Waals surface area contributed by atoms with Crippen LogP contribution < -0.4 is 0 Å². The lowest BCUT2D eigenvalue weighted by Crippen LogP contribution is -2.49. The lowest BCUT2D eigenvalue weighted by atomic mass is 10.1. The Labute approximate surface area is 217 Å². The molecule has 0 spiro atoms. The number of benzene rings is 3. The van der Waals surface area contributed by atoms with Gasteiger partial charge in [-0.25, -0.2) is 8.78 Å². The summed E-state index contributed by atoms with van der Waals surface area (Å²) in [5.41, 5.74) is 1.03. The van der Waals surface area contributed by atoms with E-state index in [9.17, 15) is 13.6 Å². The Kier molecular flexibility index (Phi) is 8.63. The monoisotopic (exact) mass is 538 g/mol. The van der Waals surface area contributed by atoms with Crippen molar-refractivity contribution in [2.75, 3.05) is 32.7 Å². The largest absolute Gasteiger partial charge is 0.367 e. The maximum Gasteiger partial charge on any atom is 0.256 e. The number of ether oxygens (including phenoxy) is 1. The summed E-state index contributed by atoms with van der Waals surface area (Å²) in [5, 5.41) is 1.22. The first kappa shape index (κ1) is 25.9. The number of rotatable bonds is 7. The fourth-order valence-corrected chi connectivity index (χ4v) is 4.70. The summed E-state index contributed by atoms with van der Waals surface area (Å²) in [4.78, 5) is 16.8. The van der Waals surface area contributed by atoms with E-state index in [-0.39, 0.29) is 18.1 Å². The number of nitrogens with zero attached hydrogens (tertiary/aromatic N) is 2. The molecule has 3 aromatic rings. The van der Waals surface area contributed by atoms with Crippen molar-refractivity contribution in [1.82, 2.24) is 9.80 Å². The van der Waals surface area contributed by atoms with Crippen molar-refractivity contribution in [2.24, 2.45) is 0 Å². The predicted octanol–water partition coefficient (Wildman–Crippen LogP) is 6.64. The number of carbonyl (C=O) groups is 1. The molecule has 1 aliphatic heterocycles. The first-order chi connectivity index (χ1) is 16.8. The third kappa shape index (κ3) is 6.32. The Morgan fingerprint density at radius 1 is 0.857 bits per heavy atom. The van der Waals surface area contributed by atoms with E-state index in [4.69, 9.17) is 39.5 Å². The topological polar surface area (TPSA) is 32.8 Å². The molecule has 0 radical (unpaired) electrons. The van der Waals surface area contributed by atoms with E-state index in [0.29, 0.717) is 53.4 Å². The molecule has 1 aliphatic rings. The number of hydrogen-bond acceptors (Lipinski definition) is 3. The summed E-state index contributed by atoms with van der Waals surface area (Å²) in [6.07, 6.45) is -0.452. The lowest BCUT2D eigenvalue weighted by Gasteiger charge is -2.36. The Bertz CT molecular complexity index is 1150. The van der Waals surface area contributed by atoms with E-state index in [1.807, 2.05) is 12.1 Å². The number of amides is 1. The molecule has 4 rings (SSSR count). The van der Waals surface area contributed by atoms with Crippen molar-refractivity contribution in [3.63, 3.8) is 0 Å². The van der Waals surface area contributed by atoms with Crippen molar-refractivity contribution < 1.29 is 18.3 Å². The number of piperazine rings is 1. The molecule has 0 bridgehead atoms. The number of carbonyl (C=O) groups excluding carboxylic acids is 1. The SMILES string of the molecule is O=C(c1c(Cl)cccc1Cl)N1CCN(C[C@@H](OCc2c(F)cccc2F)c2ccc(Cl)cc2)CC1. The minimum Gasteiger partial charge on any atom is -0.367 e. The smallest absolute Gasteiger partial charge is 0.256 e. The Balaban J connectivity index is 1.43. The molecule has 184 valence electrons. The van der Waals surface area contributed by atoms with Gasteiger partial charge >= 0.3 is 0 Å². The molecule has 3 aromatic carbocycles. The highest BCUT2D eigenvalue weighted by Crippen LogP contribution is 2.27. The van der Waals surface area contributed by atoms with Gasteiger partial charge in [0.05, 0.1) is 28.3 Å². The van der Waals surface area contributed by atoms with Gasteiger partial charge in [-0.05, 0) is 42.0 Å². The minimum atomic E-state index is -0.648. The molecule has 0 unspecified atom stereocenters. The second kappa shape index (κ2) is 11.7. The summed E-state index contributed by atoms with van der Waals surface area (Å²) in [6.45, 7) is 2.41. The van der Waals surface area contributed by atoms with Gasteiger partial charge in [0.25, 0.3) is 5.91 Å². The van der Waals surface area contributed by atoms with Crippen LogP contribution in [0.15, 0.2) is 60.7 Å². The standard InChI is InChI=1S/C26H23Cl3F2N2O2/c27-18-9-7-17(8-10-18)24(35-16-19-22(30)5-2-6-23(19)31)15-32-11-13-33(14-12-32)26(34)25-20(28)3-1-4-21(25)29/h1-10,24H,11-16H2/t24-/m1/s1.